The van der Waals surface area contributed by atoms with Gasteiger partial charge in [0.1, 0.15) is 5.69 Å². The zero-order valence-electron chi connectivity index (χ0n) is 14.3. The number of nitrogens with zero attached hydrogens (tertiary/aromatic N) is 1. The fraction of sp³-hybridized carbons (Fsp3) is 0. The van der Waals surface area contributed by atoms with Crippen LogP contribution in [0.2, 0.25) is 0 Å². The third kappa shape index (κ3) is 3.28. The molecule has 6 nitrogen and oxygen atoms in total. The molecule has 1 aromatic heterocycles. The van der Waals surface area contributed by atoms with Gasteiger partial charge in [0.05, 0.1) is 5.69 Å². The summed E-state index contributed by atoms with van der Waals surface area (Å²) in [6, 6.07) is 22.1. The summed E-state index contributed by atoms with van der Waals surface area (Å²) in [6.45, 7) is 0. The summed E-state index contributed by atoms with van der Waals surface area (Å²) in [5.74, 6) is -0.831. The van der Waals surface area contributed by atoms with E-state index in [1.807, 2.05) is 42.5 Å². The van der Waals surface area contributed by atoms with E-state index in [9.17, 15) is 9.59 Å². The maximum Gasteiger partial charge on any atom is 0.273 e. The van der Waals surface area contributed by atoms with Gasteiger partial charge in [0.15, 0.2) is 0 Å². The molecule has 0 bridgehead atoms. The first-order chi connectivity index (χ1) is 13.1. The standard InChI is InChI=1S/C21H16N4O2/c22-20(26)14-8-10-15(11-9-14)23-21(27)19-12-18(24-25-19)17-7-3-5-13-4-1-2-6-16(13)17/h1-12H,(H2,22,26)(H,23,27)(H,24,25). The quantitative estimate of drug-likeness (QED) is 0.521. The third-order valence-electron chi connectivity index (χ3n) is 4.32. The number of carbonyl (C=O) groups is 2. The van der Waals surface area contributed by atoms with Gasteiger partial charge >= 0.3 is 0 Å². The van der Waals surface area contributed by atoms with Gasteiger partial charge in [-0.3, -0.25) is 14.7 Å². The summed E-state index contributed by atoms with van der Waals surface area (Å²) >= 11 is 0. The second-order valence-corrected chi connectivity index (χ2v) is 6.09. The minimum atomic E-state index is -0.513. The molecule has 0 saturated heterocycles. The van der Waals surface area contributed by atoms with Crippen LogP contribution < -0.4 is 11.1 Å². The molecule has 2 amide bonds. The zero-order chi connectivity index (χ0) is 18.8. The number of hydrogen-bond donors (Lipinski definition) is 3. The van der Waals surface area contributed by atoms with Crippen LogP contribution in [0.5, 0.6) is 0 Å². The number of nitrogens with two attached hydrogens (primary N) is 1. The Labute approximate surface area is 155 Å². The molecule has 0 spiro atoms. The van der Waals surface area contributed by atoms with Crippen LogP contribution >= 0.6 is 0 Å². The smallest absolute Gasteiger partial charge is 0.273 e. The molecule has 132 valence electrons. The molecule has 3 aromatic carbocycles. The van der Waals surface area contributed by atoms with Crippen LogP contribution in [-0.4, -0.2) is 22.0 Å². The van der Waals surface area contributed by atoms with E-state index in [0.717, 1.165) is 16.3 Å². The maximum atomic E-state index is 12.5. The summed E-state index contributed by atoms with van der Waals surface area (Å²) < 4.78 is 0. The molecule has 0 atom stereocenters. The van der Waals surface area contributed by atoms with E-state index < -0.39 is 5.91 Å². The Morgan fingerprint density at radius 1 is 0.926 bits per heavy atom. The SMILES string of the molecule is NC(=O)c1ccc(NC(=O)c2cc(-c3cccc4ccccc34)n[nH]2)cc1. The van der Waals surface area contributed by atoms with E-state index in [4.69, 9.17) is 5.73 Å². The fourth-order valence-corrected chi connectivity index (χ4v) is 2.94. The first kappa shape index (κ1) is 16.5. The highest BCUT2D eigenvalue weighted by Crippen LogP contribution is 2.27. The Morgan fingerprint density at radius 2 is 1.67 bits per heavy atom. The van der Waals surface area contributed by atoms with Crippen molar-refractivity contribution in [2.45, 2.75) is 0 Å². The normalized spacial score (nSPS) is 10.7. The van der Waals surface area contributed by atoms with Gasteiger partial charge in [-0.05, 0) is 41.1 Å². The summed E-state index contributed by atoms with van der Waals surface area (Å²) in [7, 11) is 0. The number of amides is 2. The van der Waals surface area contributed by atoms with Crippen molar-refractivity contribution >= 4 is 28.3 Å². The molecular formula is C21H16N4O2. The second-order valence-electron chi connectivity index (χ2n) is 6.09. The van der Waals surface area contributed by atoms with Crippen LogP contribution in [-0.2, 0) is 0 Å². The summed E-state index contributed by atoms with van der Waals surface area (Å²) in [6.07, 6.45) is 0. The second kappa shape index (κ2) is 6.76. The Morgan fingerprint density at radius 3 is 2.44 bits per heavy atom. The monoisotopic (exact) mass is 356 g/mol. The molecular weight excluding hydrogens is 340 g/mol. The largest absolute Gasteiger partial charge is 0.366 e. The predicted octanol–water partition coefficient (Wildman–Crippen LogP) is 3.58. The van der Waals surface area contributed by atoms with Crippen LogP contribution in [0, 0.1) is 0 Å². The molecule has 4 rings (SSSR count). The number of aromatic nitrogens is 2. The van der Waals surface area contributed by atoms with Crippen molar-refractivity contribution in [1.82, 2.24) is 10.2 Å². The van der Waals surface area contributed by atoms with Gasteiger partial charge < -0.3 is 11.1 Å². The fourth-order valence-electron chi connectivity index (χ4n) is 2.94. The Hall–Kier alpha value is -3.93. The summed E-state index contributed by atoms with van der Waals surface area (Å²) in [5.41, 5.74) is 8.15. The molecule has 6 heteroatoms. The number of H-pyrrole nitrogens is 1. The van der Waals surface area contributed by atoms with Crippen molar-refractivity contribution in [2.75, 3.05) is 5.32 Å². The summed E-state index contributed by atoms with van der Waals surface area (Å²) in [5, 5.41) is 12.0. The molecule has 0 fully saturated rings. The molecule has 27 heavy (non-hydrogen) atoms. The lowest BCUT2D eigenvalue weighted by molar-refractivity contribution is 0.0998. The van der Waals surface area contributed by atoms with Crippen molar-refractivity contribution < 1.29 is 9.59 Å². The van der Waals surface area contributed by atoms with Gasteiger partial charge in [-0.1, -0.05) is 42.5 Å². The topological polar surface area (TPSA) is 101 Å². The number of primary amides is 1. The Bertz CT molecular complexity index is 1140. The van der Waals surface area contributed by atoms with E-state index in [1.165, 1.54) is 0 Å². The van der Waals surface area contributed by atoms with Crippen molar-refractivity contribution in [1.29, 1.82) is 0 Å². The number of benzene rings is 3. The number of rotatable bonds is 4. The lowest BCUT2D eigenvalue weighted by Crippen LogP contribution is -2.13. The molecule has 0 aliphatic heterocycles. The molecule has 0 aliphatic carbocycles. The van der Waals surface area contributed by atoms with E-state index >= 15 is 0 Å². The Kier molecular flexibility index (Phi) is 4.14. The van der Waals surface area contributed by atoms with Gasteiger partial charge in [0.25, 0.3) is 5.91 Å². The van der Waals surface area contributed by atoms with Gasteiger partial charge in [0.2, 0.25) is 5.91 Å². The van der Waals surface area contributed by atoms with Crippen molar-refractivity contribution in [2.24, 2.45) is 5.73 Å². The van der Waals surface area contributed by atoms with Crippen LogP contribution in [0.4, 0.5) is 5.69 Å². The first-order valence-corrected chi connectivity index (χ1v) is 8.36. The average Bonchev–Trinajstić information content (AvgIpc) is 3.18. The van der Waals surface area contributed by atoms with Gasteiger partial charge in [-0.2, -0.15) is 5.10 Å². The highest BCUT2D eigenvalue weighted by Gasteiger charge is 2.13. The lowest BCUT2D eigenvalue weighted by atomic mass is 10.0. The van der Waals surface area contributed by atoms with E-state index in [0.29, 0.717) is 22.6 Å². The van der Waals surface area contributed by atoms with Crippen molar-refractivity contribution in [3.8, 4) is 11.3 Å². The first-order valence-electron chi connectivity index (χ1n) is 8.36. The minimum Gasteiger partial charge on any atom is -0.366 e. The lowest BCUT2D eigenvalue weighted by Gasteiger charge is -2.04. The van der Waals surface area contributed by atoms with Crippen LogP contribution in [0.3, 0.4) is 0 Å². The number of carbonyl (C=O) groups excluding carboxylic acids is 2. The van der Waals surface area contributed by atoms with E-state index in [-0.39, 0.29) is 5.91 Å². The van der Waals surface area contributed by atoms with Crippen molar-refractivity contribution in [3.63, 3.8) is 0 Å². The highest BCUT2D eigenvalue weighted by molar-refractivity contribution is 6.04. The number of nitrogens with one attached hydrogen (secondary N) is 2. The summed E-state index contributed by atoms with van der Waals surface area (Å²) in [4.78, 5) is 23.6. The predicted molar refractivity (Wildman–Crippen MR) is 104 cm³/mol. The number of anilines is 1. The maximum absolute atomic E-state index is 12.5. The third-order valence-corrected chi connectivity index (χ3v) is 4.32. The molecule has 0 unspecified atom stereocenters. The average molecular weight is 356 g/mol. The molecule has 4 aromatic rings. The number of hydrogen-bond acceptors (Lipinski definition) is 3. The highest BCUT2D eigenvalue weighted by atomic mass is 16.2. The van der Waals surface area contributed by atoms with Crippen LogP contribution in [0.1, 0.15) is 20.8 Å². The van der Waals surface area contributed by atoms with Crippen molar-refractivity contribution in [3.05, 3.63) is 84.1 Å². The van der Waals surface area contributed by atoms with Gasteiger partial charge in [0, 0.05) is 16.8 Å². The minimum absolute atomic E-state index is 0.319. The van der Waals surface area contributed by atoms with E-state index in [2.05, 4.69) is 15.5 Å². The molecule has 1 heterocycles. The Balaban J connectivity index is 1.58. The number of fused-ring (bicyclic) bond motifs is 1. The molecule has 0 aliphatic rings. The molecule has 0 radical (unpaired) electrons. The zero-order valence-corrected chi connectivity index (χ0v) is 14.3. The van der Waals surface area contributed by atoms with Gasteiger partial charge in [-0.15, -0.1) is 0 Å². The number of aromatic amines is 1. The van der Waals surface area contributed by atoms with Crippen LogP contribution in [0.25, 0.3) is 22.0 Å². The van der Waals surface area contributed by atoms with Crippen LogP contribution in [0.15, 0.2) is 72.8 Å². The van der Waals surface area contributed by atoms with E-state index in [1.54, 1.807) is 30.3 Å². The molecule has 0 saturated carbocycles. The molecule has 4 N–H and O–H groups in total. The van der Waals surface area contributed by atoms with Gasteiger partial charge in [-0.25, -0.2) is 0 Å².